The SMILES string of the molecule is CC(=O)OC1CC(=O)N1c1cccc(CN2C(=O)[C@]3(O[C@H](CC(=O)N4Cc5ccccc5C[C@H]4CO)[C@@H]([Si](C)(C)O)[C@@H]3C)c3cc(Br)ccc32)c1. The lowest BCUT2D eigenvalue weighted by molar-refractivity contribution is -0.154. The van der Waals surface area contributed by atoms with Crippen LogP contribution in [0.2, 0.25) is 18.6 Å². The van der Waals surface area contributed by atoms with Gasteiger partial charge in [0.05, 0.1) is 43.8 Å². The average Bonchev–Trinajstić information content (AvgIpc) is 3.49. The summed E-state index contributed by atoms with van der Waals surface area (Å²) in [6, 6.07) is 20.4. The topological polar surface area (TPSA) is 137 Å². The third-order valence-electron chi connectivity index (χ3n) is 10.9. The van der Waals surface area contributed by atoms with E-state index in [0.29, 0.717) is 29.9 Å². The number of anilines is 2. The molecular weight excluding hydrogens is 734 g/mol. The molecule has 3 aromatic carbocycles. The van der Waals surface area contributed by atoms with Crippen LogP contribution >= 0.6 is 15.9 Å². The highest BCUT2D eigenvalue weighted by atomic mass is 79.9. The molecule has 3 aromatic rings. The van der Waals surface area contributed by atoms with Crippen molar-refractivity contribution in [1.29, 1.82) is 0 Å². The lowest BCUT2D eigenvalue weighted by atomic mass is 9.82. The summed E-state index contributed by atoms with van der Waals surface area (Å²) in [7, 11) is -3.05. The summed E-state index contributed by atoms with van der Waals surface area (Å²) in [4.78, 5) is 69.8. The van der Waals surface area contributed by atoms with Crippen LogP contribution in [0, 0.1) is 5.92 Å². The molecule has 13 heteroatoms. The summed E-state index contributed by atoms with van der Waals surface area (Å²) in [6.07, 6.45) is -0.818. The monoisotopic (exact) mass is 775 g/mol. The first-order chi connectivity index (χ1) is 24.2. The molecule has 6 atom stereocenters. The van der Waals surface area contributed by atoms with E-state index in [1.54, 1.807) is 21.9 Å². The predicted octanol–water partition coefficient (Wildman–Crippen LogP) is 4.76. The first-order valence-corrected chi connectivity index (χ1v) is 21.1. The molecular formula is C38H42BrN3O8Si. The van der Waals surface area contributed by atoms with Crippen LogP contribution in [0.3, 0.4) is 0 Å². The Morgan fingerprint density at radius 1 is 1.04 bits per heavy atom. The number of ether oxygens (including phenoxy) is 2. The minimum Gasteiger partial charge on any atom is -0.441 e. The van der Waals surface area contributed by atoms with Crippen molar-refractivity contribution < 1.29 is 38.6 Å². The van der Waals surface area contributed by atoms with Crippen molar-refractivity contribution in [1.82, 2.24) is 4.90 Å². The highest BCUT2D eigenvalue weighted by molar-refractivity contribution is 9.10. The average molecular weight is 777 g/mol. The Morgan fingerprint density at radius 2 is 1.78 bits per heavy atom. The molecule has 268 valence electrons. The molecule has 4 aliphatic heterocycles. The number of aliphatic hydroxyl groups excluding tert-OH is 1. The van der Waals surface area contributed by atoms with Gasteiger partial charge in [-0.1, -0.05) is 59.3 Å². The fourth-order valence-electron chi connectivity index (χ4n) is 8.71. The summed E-state index contributed by atoms with van der Waals surface area (Å²) >= 11 is 3.60. The molecule has 4 heterocycles. The molecule has 2 saturated heterocycles. The zero-order valence-electron chi connectivity index (χ0n) is 29.0. The zero-order chi connectivity index (χ0) is 36.4. The summed E-state index contributed by atoms with van der Waals surface area (Å²) in [6.45, 7) is 7.24. The van der Waals surface area contributed by atoms with Gasteiger partial charge in [0.1, 0.15) is 0 Å². The predicted molar refractivity (Wildman–Crippen MR) is 195 cm³/mol. The minimum atomic E-state index is -3.05. The highest BCUT2D eigenvalue weighted by Gasteiger charge is 2.66. The van der Waals surface area contributed by atoms with Gasteiger partial charge in [-0.25, -0.2) is 0 Å². The van der Waals surface area contributed by atoms with E-state index in [2.05, 4.69) is 15.9 Å². The van der Waals surface area contributed by atoms with Gasteiger partial charge in [-0.05, 0) is 66.5 Å². The number of benzene rings is 3. The number of rotatable bonds is 8. The number of β-lactam (4-membered cyclic amide) rings is 1. The molecule has 2 fully saturated rings. The van der Waals surface area contributed by atoms with Gasteiger partial charge in [-0.2, -0.15) is 0 Å². The molecule has 3 amide bonds. The molecule has 1 spiro atoms. The molecule has 0 saturated carbocycles. The number of fused-ring (bicyclic) bond motifs is 3. The van der Waals surface area contributed by atoms with E-state index in [1.165, 1.54) is 11.8 Å². The van der Waals surface area contributed by atoms with Gasteiger partial charge in [0.15, 0.2) is 20.1 Å². The quantitative estimate of drug-likeness (QED) is 0.190. The van der Waals surface area contributed by atoms with Gasteiger partial charge in [0.2, 0.25) is 11.8 Å². The van der Waals surface area contributed by atoms with Crippen LogP contribution in [0.25, 0.3) is 0 Å². The molecule has 0 aliphatic carbocycles. The van der Waals surface area contributed by atoms with Gasteiger partial charge in [-0.15, -0.1) is 0 Å². The lowest BCUT2D eigenvalue weighted by Gasteiger charge is -2.39. The number of carbonyl (C=O) groups is 4. The third-order valence-corrected chi connectivity index (χ3v) is 13.9. The van der Waals surface area contributed by atoms with Crippen LogP contribution < -0.4 is 9.80 Å². The van der Waals surface area contributed by atoms with E-state index in [4.69, 9.17) is 9.47 Å². The van der Waals surface area contributed by atoms with Crippen LogP contribution in [0.1, 0.15) is 48.9 Å². The van der Waals surface area contributed by atoms with Crippen LogP contribution in [0.15, 0.2) is 71.2 Å². The first-order valence-electron chi connectivity index (χ1n) is 17.3. The van der Waals surface area contributed by atoms with Gasteiger partial charge >= 0.3 is 5.97 Å². The molecule has 1 unspecified atom stereocenters. The minimum absolute atomic E-state index is 0.0432. The number of carbonyl (C=O) groups excluding carboxylic acids is 4. The molecule has 51 heavy (non-hydrogen) atoms. The Kier molecular flexibility index (Phi) is 9.24. The number of aliphatic hydroxyl groups is 1. The van der Waals surface area contributed by atoms with Crippen molar-refractivity contribution in [2.45, 2.75) is 88.8 Å². The molecule has 7 rings (SSSR count). The summed E-state index contributed by atoms with van der Waals surface area (Å²) in [5, 5.41) is 10.3. The van der Waals surface area contributed by atoms with Crippen molar-refractivity contribution in [2.24, 2.45) is 5.92 Å². The third kappa shape index (κ3) is 6.12. The van der Waals surface area contributed by atoms with Crippen LogP contribution in [-0.4, -0.2) is 71.8 Å². The van der Waals surface area contributed by atoms with E-state index in [-0.39, 0.29) is 49.8 Å². The van der Waals surface area contributed by atoms with Gasteiger partial charge in [0, 0.05) is 40.7 Å². The second-order valence-electron chi connectivity index (χ2n) is 14.6. The van der Waals surface area contributed by atoms with Crippen molar-refractivity contribution >= 4 is 59.3 Å². The number of esters is 1. The second kappa shape index (κ2) is 13.3. The summed E-state index contributed by atoms with van der Waals surface area (Å²) < 4.78 is 13.0. The van der Waals surface area contributed by atoms with Crippen molar-refractivity contribution in [2.75, 3.05) is 16.4 Å². The van der Waals surface area contributed by atoms with E-state index in [9.17, 15) is 29.1 Å². The summed E-state index contributed by atoms with van der Waals surface area (Å²) in [5.74, 6) is -1.60. The van der Waals surface area contributed by atoms with Gasteiger partial charge in [0.25, 0.3) is 5.91 Å². The van der Waals surface area contributed by atoms with E-state index >= 15 is 0 Å². The van der Waals surface area contributed by atoms with Gasteiger partial charge in [-0.3, -0.25) is 24.1 Å². The Hall–Kier alpha value is -3.88. The Labute approximate surface area is 306 Å². The zero-order valence-corrected chi connectivity index (χ0v) is 31.6. The standard InChI is InChI=1S/C38H42BrN3O8Si/c1-22-36(51(3,4)48)32(17-33(45)40-20-26-10-6-5-9-25(26)15-29(40)21-43)50-38(22)30-16-27(39)12-13-31(30)41(37(38)47)19-24-8-7-11-28(14-24)42-34(46)18-35(42)49-23(2)44/h5-14,16,22,29,32,35-36,43,48H,15,17-21H2,1-4H3/t22-,29-,32+,35?,36-,38+/m0/s1. The van der Waals surface area contributed by atoms with Gasteiger partial charge < -0.3 is 29.2 Å². The molecule has 11 nitrogen and oxygen atoms in total. The summed E-state index contributed by atoms with van der Waals surface area (Å²) in [5.41, 5.74) is 2.86. The number of nitrogens with zero attached hydrogens (tertiary/aromatic N) is 3. The van der Waals surface area contributed by atoms with E-state index < -0.39 is 43.7 Å². The smallest absolute Gasteiger partial charge is 0.304 e. The van der Waals surface area contributed by atoms with Crippen molar-refractivity contribution in [3.63, 3.8) is 0 Å². The van der Waals surface area contributed by atoms with Crippen LogP contribution in [0.5, 0.6) is 0 Å². The number of amides is 3. The molecule has 0 aromatic heterocycles. The maximum absolute atomic E-state index is 14.9. The first kappa shape index (κ1) is 35.5. The van der Waals surface area contributed by atoms with Crippen LogP contribution in [0.4, 0.5) is 11.4 Å². The number of hydrogen-bond acceptors (Lipinski definition) is 8. The lowest BCUT2D eigenvalue weighted by Crippen LogP contribution is -2.54. The molecule has 2 N–H and O–H groups in total. The Morgan fingerprint density at radius 3 is 2.47 bits per heavy atom. The fourth-order valence-corrected chi connectivity index (χ4v) is 11.6. The maximum Gasteiger partial charge on any atom is 0.304 e. The van der Waals surface area contributed by atoms with E-state index in [0.717, 1.165) is 21.2 Å². The Bertz CT molecular complexity index is 1920. The molecule has 4 aliphatic rings. The van der Waals surface area contributed by atoms with Crippen molar-refractivity contribution in [3.8, 4) is 0 Å². The highest BCUT2D eigenvalue weighted by Crippen LogP contribution is 2.60. The van der Waals surface area contributed by atoms with Crippen LogP contribution in [-0.2, 0) is 53.8 Å². The molecule has 0 bridgehead atoms. The number of halogens is 1. The number of hydrogen-bond donors (Lipinski definition) is 2. The van der Waals surface area contributed by atoms with E-state index in [1.807, 2.05) is 74.6 Å². The second-order valence-corrected chi connectivity index (χ2v) is 19.5. The fraction of sp³-hybridized carbons (Fsp3) is 0.421. The largest absolute Gasteiger partial charge is 0.441 e. The normalized spacial score (nSPS) is 27.0. The van der Waals surface area contributed by atoms with Crippen molar-refractivity contribution in [3.05, 3.63) is 93.5 Å². The maximum atomic E-state index is 14.9. The molecule has 0 radical (unpaired) electrons. The Balaban J connectivity index is 1.20.